The van der Waals surface area contributed by atoms with E-state index in [9.17, 15) is 4.79 Å². The first-order valence-corrected chi connectivity index (χ1v) is 4.46. The van der Waals surface area contributed by atoms with E-state index in [0.29, 0.717) is 5.82 Å². The van der Waals surface area contributed by atoms with Crippen LogP contribution in [-0.2, 0) is 5.41 Å². The van der Waals surface area contributed by atoms with Crippen molar-refractivity contribution >= 4 is 17.6 Å². The lowest BCUT2D eigenvalue weighted by atomic mass is 9.96. The molecule has 1 N–H and O–H groups in total. The molecule has 0 unspecified atom stereocenters. The Morgan fingerprint density at radius 1 is 1.50 bits per heavy atom. The Morgan fingerprint density at radius 2 is 2.07 bits per heavy atom. The monoisotopic (exact) mass is 214 g/mol. The van der Waals surface area contributed by atoms with Gasteiger partial charge in [-0.1, -0.05) is 32.4 Å². The van der Waals surface area contributed by atoms with Crippen LogP contribution in [0.5, 0.6) is 0 Å². The minimum absolute atomic E-state index is 0.0163. The van der Waals surface area contributed by atoms with E-state index < -0.39 is 5.97 Å². The second-order valence-corrected chi connectivity index (χ2v) is 4.31. The van der Waals surface area contributed by atoms with E-state index in [4.69, 9.17) is 16.7 Å². The highest BCUT2D eigenvalue weighted by Gasteiger charge is 2.20. The molecule has 0 bridgehead atoms. The largest absolute Gasteiger partial charge is 0.478 e. The Bertz CT molecular complexity index is 372. The summed E-state index contributed by atoms with van der Waals surface area (Å²) in [7, 11) is 0. The summed E-state index contributed by atoms with van der Waals surface area (Å²) < 4.78 is 0. The molecule has 0 aliphatic heterocycles. The summed E-state index contributed by atoms with van der Waals surface area (Å²) in [6.07, 6.45) is 1.23. The van der Waals surface area contributed by atoms with Crippen molar-refractivity contribution in [2.24, 2.45) is 0 Å². The number of rotatable bonds is 1. The van der Waals surface area contributed by atoms with Crippen molar-refractivity contribution < 1.29 is 9.90 Å². The SMILES string of the molecule is CC(C)(C)c1ncc(C(=O)O)c(Cl)n1. The lowest BCUT2D eigenvalue weighted by molar-refractivity contribution is 0.0696. The van der Waals surface area contributed by atoms with Crippen LogP contribution in [0.15, 0.2) is 6.20 Å². The highest BCUT2D eigenvalue weighted by molar-refractivity contribution is 6.32. The molecule has 0 saturated heterocycles. The molecule has 0 radical (unpaired) electrons. The highest BCUT2D eigenvalue weighted by atomic mass is 35.5. The van der Waals surface area contributed by atoms with Crippen molar-refractivity contribution in [3.05, 3.63) is 22.7 Å². The lowest BCUT2D eigenvalue weighted by Gasteiger charge is -2.16. The fraction of sp³-hybridized carbons (Fsp3) is 0.444. The molecule has 1 heterocycles. The van der Waals surface area contributed by atoms with Crippen LogP contribution < -0.4 is 0 Å². The van der Waals surface area contributed by atoms with Gasteiger partial charge in [-0.3, -0.25) is 0 Å². The summed E-state index contributed by atoms with van der Waals surface area (Å²) in [6, 6.07) is 0. The number of aromatic carboxylic acids is 1. The number of carboxylic acid groups (broad SMARTS) is 1. The van der Waals surface area contributed by atoms with Crippen molar-refractivity contribution in [3.8, 4) is 0 Å². The second kappa shape index (κ2) is 3.53. The summed E-state index contributed by atoms with van der Waals surface area (Å²) in [5.41, 5.74) is -0.305. The summed E-state index contributed by atoms with van der Waals surface area (Å²) in [5.74, 6) is -0.581. The third kappa shape index (κ3) is 2.20. The van der Waals surface area contributed by atoms with E-state index in [1.807, 2.05) is 20.8 Å². The van der Waals surface area contributed by atoms with Crippen LogP contribution in [0.4, 0.5) is 0 Å². The third-order valence-electron chi connectivity index (χ3n) is 1.64. The van der Waals surface area contributed by atoms with E-state index in [1.165, 1.54) is 6.20 Å². The van der Waals surface area contributed by atoms with Gasteiger partial charge < -0.3 is 5.11 Å². The van der Waals surface area contributed by atoms with Crippen LogP contribution in [0, 0.1) is 0 Å². The van der Waals surface area contributed by atoms with Crippen LogP contribution in [0.25, 0.3) is 0 Å². The first-order chi connectivity index (χ1) is 6.32. The van der Waals surface area contributed by atoms with Gasteiger partial charge in [0, 0.05) is 11.6 Å². The topological polar surface area (TPSA) is 63.1 Å². The van der Waals surface area contributed by atoms with Crippen LogP contribution >= 0.6 is 11.6 Å². The van der Waals surface area contributed by atoms with Crippen LogP contribution in [0.3, 0.4) is 0 Å². The van der Waals surface area contributed by atoms with E-state index in [2.05, 4.69) is 9.97 Å². The summed E-state index contributed by atoms with van der Waals surface area (Å²) in [6.45, 7) is 5.79. The normalized spacial score (nSPS) is 11.4. The lowest BCUT2D eigenvalue weighted by Crippen LogP contribution is -2.17. The second-order valence-electron chi connectivity index (χ2n) is 3.95. The molecule has 14 heavy (non-hydrogen) atoms. The zero-order valence-electron chi connectivity index (χ0n) is 8.21. The first kappa shape index (κ1) is 10.9. The number of halogens is 1. The fourth-order valence-electron chi connectivity index (χ4n) is 0.866. The minimum Gasteiger partial charge on any atom is -0.478 e. The smallest absolute Gasteiger partial charge is 0.340 e. The maximum atomic E-state index is 10.6. The van der Waals surface area contributed by atoms with Gasteiger partial charge in [-0.25, -0.2) is 14.8 Å². The average Bonchev–Trinajstić information content (AvgIpc) is 2.01. The van der Waals surface area contributed by atoms with Gasteiger partial charge in [0.1, 0.15) is 16.5 Å². The maximum absolute atomic E-state index is 10.6. The van der Waals surface area contributed by atoms with Gasteiger partial charge in [0.05, 0.1) is 0 Å². The average molecular weight is 215 g/mol. The van der Waals surface area contributed by atoms with E-state index >= 15 is 0 Å². The summed E-state index contributed by atoms with van der Waals surface area (Å²) in [5, 5.41) is 8.68. The van der Waals surface area contributed by atoms with Gasteiger partial charge in [-0.05, 0) is 0 Å². The van der Waals surface area contributed by atoms with Gasteiger partial charge in [-0.2, -0.15) is 0 Å². The van der Waals surface area contributed by atoms with Crippen LogP contribution in [-0.4, -0.2) is 21.0 Å². The molecule has 0 atom stereocenters. The van der Waals surface area contributed by atoms with E-state index in [1.54, 1.807) is 0 Å². The summed E-state index contributed by atoms with van der Waals surface area (Å²) >= 11 is 5.70. The molecule has 0 saturated carbocycles. The third-order valence-corrected chi connectivity index (χ3v) is 1.93. The van der Waals surface area contributed by atoms with Crippen molar-refractivity contribution in [2.75, 3.05) is 0 Å². The van der Waals surface area contributed by atoms with Crippen molar-refractivity contribution in [3.63, 3.8) is 0 Å². The molecule has 0 amide bonds. The fourth-order valence-corrected chi connectivity index (χ4v) is 1.08. The van der Waals surface area contributed by atoms with E-state index in [-0.39, 0.29) is 16.1 Å². The Balaban J connectivity index is 3.20. The standard InChI is InChI=1S/C9H11ClN2O2/c1-9(2,3)8-11-4-5(7(13)14)6(10)12-8/h4H,1-3H3,(H,13,14). The molecule has 1 aromatic rings. The first-order valence-electron chi connectivity index (χ1n) is 4.08. The maximum Gasteiger partial charge on any atom is 0.340 e. The number of hydrogen-bond acceptors (Lipinski definition) is 3. The van der Waals surface area contributed by atoms with Gasteiger partial charge in [-0.15, -0.1) is 0 Å². The molecule has 0 aliphatic carbocycles. The minimum atomic E-state index is -1.12. The summed E-state index contributed by atoms with van der Waals surface area (Å²) in [4.78, 5) is 18.5. The number of aromatic nitrogens is 2. The molecule has 0 aromatic carbocycles. The number of carboxylic acids is 1. The molecular formula is C9H11ClN2O2. The Kier molecular flexibility index (Phi) is 2.76. The van der Waals surface area contributed by atoms with Gasteiger partial charge in [0.2, 0.25) is 0 Å². The molecule has 0 spiro atoms. The Morgan fingerprint density at radius 3 is 2.43 bits per heavy atom. The molecule has 1 aromatic heterocycles. The van der Waals surface area contributed by atoms with Gasteiger partial charge in [0.25, 0.3) is 0 Å². The van der Waals surface area contributed by atoms with Crippen molar-refractivity contribution in [1.29, 1.82) is 0 Å². The van der Waals surface area contributed by atoms with Gasteiger partial charge >= 0.3 is 5.97 Å². The zero-order chi connectivity index (χ0) is 10.9. The molecule has 5 heteroatoms. The number of carbonyl (C=O) groups is 1. The number of hydrogen-bond donors (Lipinski definition) is 1. The molecule has 76 valence electrons. The number of nitrogens with zero attached hydrogens (tertiary/aromatic N) is 2. The van der Waals surface area contributed by atoms with Crippen LogP contribution in [0.2, 0.25) is 5.15 Å². The predicted molar refractivity (Wildman–Crippen MR) is 52.7 cm³/mol. The molecule has 4 nitrogen and oxygen atoms in total. The quantitative estimate of drug-likeness (QED) is 0.728. The predicted octanol–water partition coefficient (Wildman–Crippen LogP) is 2.13. The highest BCUT2D eigenvalue weighted by Crippen LogP contribution is 2.21. The molecule has 0 fully saturated rings. The Hall–Kier alpha value is -1.16. The molecular weight excluding hydrogens is 204 g/mol. The van der Waals surface area contributed by atoms with Gasteiger partial charge in [0.15, 0.2) is 0 Å². The molecule has 1 rings (SSSR count). The van der Waals surface area contributed by atoms with Crippen LogP contribution in [0.1, 0.15) is 37.0 Å². The van der Waals surface area contributed by atoms with Crippen molar-refractivity contribution in [1.82, 2.24) is 9.97 Å². The zero-order valence-corrected chi connectivity index (χ0v) is 8.96. The van der Waals surface area contributed by atoms with Crippen molar-refractivity contribution in [2.45, 2.75) is 26.2 Å². The molecule has 0 aliphatic rings. The Labute approximate surface area is 87.0 Å². The van der Waals surface area contributed by atoms with E-state index in [0.717, 1.165) is 0 Å².